The van der Waals surface area contributed by atoms with Gasteiger partial charge in [-0.3, -0.25) is 4.98 Å². The van der Waals surface area contributed by atoms with E-state index in [9.17, 15) is 12.8 Å². The zero-order valence-corrected chi connectivity index (χ0v) is 13.5. The monoisotopic (exact) mass is 373 g/mol. The number of rotatable bonds is 4. The van der Waals surface area contributed by atoms with Crippen molar-refractivity contribution in [2.24, 2.45) is 0 Å². The lowest BCUT2D eigenvalue weighted by atomic mass is 10.3. The van der Waals surface area contributed by atoms with Gasteiger partial charge in [0.15, 0.2) is 0 Å². The van der Waals surface area contributed by atoms with Crippen LogP contribution in [-0.2, 0) is 16.6 Å². The van der Waals surface area contributed by atoms with Crippen LogP contribution in [0.25, 0.3) is 0 Å². The molecule has 0 saturated heterocycles. The maximum absolute atomic E-state index is 13.9. The van der Waals surface area contributed by atoms with Crippen molar-refractivity contribution in [1.82, 2.24) is 9.29 Å². The highest BCUT2D eigenvalue weighted by molar-refractivity contribution is 9.10. The summed E-state index contributed by atoms with van der Waals surface area (Å²) in [6.45, 7) is 0.0889. The fourth-order valence-electron chi connectivity index (χ4n) is 1.74. The van der Waals surface area contributed by atoms with Gasteiger partial charge in [0.1, 0.15) is 10.7 Å². The summed E-state index contributed by atoms with van der Waals surface area (Å²) in [5, 5.41) is 0. The topological polar surface area (TPSA) is 76.3 Å². The van der Waals surface area contributed by atoms with Crippen LogP contribution in [0.4, 0.5) is 10.1 Å². The molecule has 1 aromatic carbocycles. The van der Waals surface area contributed by atoms with Gasteiger partial charge in [-0.15, -0.1) is 0 Å². The van der Waals surface area contributed by atoms with Crippen LogP contribution in [0.5, 0.6) is 0 Å². The largest absolute Gasteiger partial charge is 0.398 e. The molecule has 0 aliphatic rings. The Kier molecular flexibility index (Phi) is 4.60. The Bertz CT molecular complexity index is 754. The molecule has 0 atom stereocenters. The molecule has 8 heteroatoms. The molecule has 2 rings (SSSR count). The smallest absolute Gasteiger partial charge is 0.246 e. The summed E-state index contributed by atoms with van der Waals surface area (Å²) in [5.74, 6) is -0.853. The number of nitrogens with two attached hydrogens (primary N) is 1. The zero-order chi connectivity index (χ0) is 15.6. The maximum atomic E-state index is 13.9. The van der Waals surface area contributed by atoms with E-state index >= 15 is 0 Å². The average molecular weight is 374 g/mol. The highest BCUT2D eigenvalue weighted by Gasteiger charge is 2.25. The van der Waals surface area contributed by atoms with E-state index in [0.717, 1.165) is 16.4 Å². The summed E-state index contributed by atoms with van der Waals surface area (Å²) >= 11 is 3.06. The molecule has 0 spiro atoms. The number of sulfonamides is 1. The summed E-state index contributed by atoms with van der Waals surface area (Å²) < 4.78 is 40.1. The van der Waals surface area contributed by atoms with Crippen LogP contribution in [0.3, 0.4) is 0 Å². The molecule has 1 heterocycles. The molecule has 5 nitrogen and oxygen atoms in total. The van der Waals surface area contributed by atoms with Gasteiger partial charge in [0.25, 0.3) is 0 Å². The molecule has 112 valence electrons. The Morgan fingerprint density at radius 1 is 1.43 bits per heavy atom. The van der Waals surface area contributed by atoms with Crippen LogP contribution < -0.4 is 5.73 Å². The third kappa shape index (κ3) is 3.39. The number of anilines is 1. The second-order valence-corrected chi connectivity index (χ2v) is 7.29. The normalized spacial score (nSPS) is 11.8. The van der Waals surface area contributed by atoms with Gasteiger partial charge in [-0.25, -0.2) is 12.8 Å². The fourth-order valence-corrected chi connectivity index (χ4v) is 3.30. The van der Waals surface area contributed by atoms with E-state index in [1.54, 1.807) is 24.5 Å². The fraction of sp³-hybridized carbons (Fsp3) is 0.154. The lowest BCUT2D eigenvalue weighted by molar-refractivity contribution is 0.459. The molecule has 0 aliphatic carbocycles. The van der Waals surface area contributed by atoms with E-state index in [4.69, 9.17) is 5.73 Å². The molecular formula is C13H13BrFN3O2S. The second kappa shape index (κ2) is 6.08. The van der Waals surface area contributed by atoms with E-state index in [1.807, 2.05) is 0 Å². The molecule has 21 heavy (non-hydrogen) atoms. The SMILES string of the molecule is CN(Cc1cccnc1)S(=O)(=O)c1cc(N)c(Br)cc1F. The molecule has 0 unspecified atom stereocenters. The molecule has 0 saturated carbocycles. The second-order valence-electron chi connectivity index (χ2n) is 4.43. The highest BCUT2D eigenvalue weighted by Crippen LogP contribution is 2.28. The first-order chi connectivity index (χ1) is 9.82. The Labute approximate surface area is 130 Å². The first-order valence-electron chi connectivity index (χ1n) is 5.92. The highest BCUT2D eigenvalue weighted by atomic mass is 79.9. The number of nitrogens with zero attached hydrogens (tertiary/aromatic N) is 2. The minimum absolute atomic E-state index is 0.0889. The van der Waals surface area contributed by atoms with Crippen molar-refractivity contribution in [1.29, 1.82) is 0 Å². The molecule has 2 N–H and O–H groups in total. The van der Waals surface area contributed by atoms with E-state index in [1.165, 1.54) is 7.05 Å². The van der Waals surface area contributed by atoms with Crippen LogP contribution >= 0.6 is 15.9 Å². The third-order valence-electron chi connectivity index (χ3n) is 2.87. The standard InChI is InChI=1S/C13H13BrFN3O2S/c1-18(8-9-3-2-4-17-7-9)21(19,20)13-6-12(16)10(14)5-11(13)15/h2-7H,8,16H2,1H3. The summed E-state index contributed by atoms with van der Waals surface area (Å²) in [5.41, 5.74) is 6.49. The molecule has 2 aromatic rings. The minimum atomic E-state index is -3.98. The first kappa shape index (κ1) is 15.9. The van der Waals surface area contributed by atoms with E-state index in [-0.39, 0.29) is 12.2 Å². The van der Waals surface area contributed by atoms with Gasteiger partial charge in [0.05, 0.1) is 0 Å². The molecule has 0 amide bonds. The van der Waals surface area contributed by atoms with E-state index < -0.39 is 20.7 Å². The number of halogens is 2. The molecule has 0 fully saturated rings. The number of pyridine rings is 1. The number of hydrogen-bond donors (Lipinski definition) is 1. The van der Waals surface area contributed by atoms with Gasteiger partial charge in [-0.05, 0) is 39.7 Å². The third-order valence-corrected chi connectivity index (χ3v) is 5.37. The van der Waals surface area contributed by atoms with Crippen LogP contribution in [0, 0.1) is 5.82 Å². The maximum Gasteiger partial charge on any atom is 0.246 e. The first-order valence-corrected chi connectivity index (χ1v) is 8.15. The van der Waals surface area contributed by atoms with Crippen molar-refractivity contribution in [2.45, 2.75) is 11.4 Å². The summed E-state index contributed by atoms with van der Waals surface area (Å²) in [6, 6.07) is 5.59. The van der Waals surface area contributed by atoms with Crippen molar-refractivity contribution in [2.75, 3.05) is 12.8 Å². The predicted octanol–water partition coefficient (Wildman–Crippen LogP) is 2.39. The number of hydrogen-bond acceptors (Lipinski definition) is 4. The molecule has 0 radical (unpaired) electrons. The number of aromatic nitrogens is 1. The molecule has 0 bridgehead atoms. The number of benzene rings is 1. The van der Waals surface area contributed by atoms with Crippen molar-refractivity contribution < 1.29 is 12.8 Å². The average Bonchev–Trinajstić information content (AvgIpc) is 2.43. The van der Waals surface area contributed by atoms with Gasteiger partial charge in [-0.2, -0.15) is 4.31 Å². The predicted molar refractivity (Wildman–Crippen MR) is 81.4 cm³/mol. The lowest BCUT2D eigenvalue weighted by Crippen LogP contribution is -2.27. The zero-order valence-electron chi connectivity index (χ0n) is 11.1. The van der Waals surface area contributed by atoms with Gasteiger partial charge in [0, 0.05) is 36.1 Å². The minimum Gasteiger partial charge on any atom is -0.398 e. The van der Waals surface area contributed by atoms with Gasteiger partial charge in [0.2, 0.25) is 10.0 Å². The Morgan fingerprint density at radius 2 is 2.14 bits per heavy atom. The van der Waals surface area contributed by atoms with Gasteiger partial charge < -0.3 is 5.73 Å². The van der Waals surface area contributed by atoms with E-state index in [2.05, 4.69) is 20.9 Å². The summed E-state index contributed by atoms with van der Waals surface area (Å²) in [7, 11) is -2.60. The number of nitrogen functional groups attached to an aromatic ring is 1. The van der Waals surface area contributed by atoms with E-state index in [0.29, 0.717) is 10.0 Å². The molecule has 0 aliphatic heterocycles. The van der Waals surface area contributed by atoms with Crippen LogP contribution in [0.15, 0.2) is 46.0 Å². The van der Waals surface area contributed by atoms with Crippen molar-refractivity contribution in [3.8, 4) is 0 Å². The quantitative estimate of drug-likeness (QED) is 0.834. The Hall–Kier alpha value is -1.51. The Morgan fingerprint density at radius 3 is 2.76 bits per heavy atom. The van der Waals surface area contributed by atoms with Gasteiger partial charge >= 0.3 is 0 Å². The van der Waals surface area contributed by atoms with Gasteiger partial charge in [-0.1, -0.05) is 6.07 Å². The summed E-state index contributed by atoms with van der Waals surface area (Å²) in [6.07, 6.45) is 3.14. The van der Waals surface area contributed by atoms with Crippen LogP contribution in [0.1, 0.15) is 5.56 Å². The lowest BCUT2D eigenvalue weighted by Gasteiger charge is -2.18. The summed E-state index contributed by atoms with van der Waals surface area (Å²) in [4.78, 5) is 3.46. The molecular weight excluding hydrogens is 361 g/mol. The van der Waals surface area contributed by atoms with Crippen molar-refractivity contribution >= 4 is 31.6 Å². The van der Waals surface area contributed by atoms with Crippen LogP contribution in [-0.4, -0.2) is 24.8 Å². The molecule has 1 aromatic heterocycles. The Balaban J connectivity index is 2.36. The van der Waals surface area contributed by atoms with Crippen LogP contribution in [0.2, 0.25) is 0 Å². The van der Waals surface area contributed by atoms with Crippen molar-refractivity contribution in [3.05, 3.63) is 52.5 Å². The van der Waals surface area contributed by atoms with Crippen molar-refractivity contribution in [3.63, 3.8) is 0 Å².